The lowest BCUT2D eigenvalue weighted by Crippen LogP contribution is -2.17. The van der Waals surface area contributed by atoms with E-state index in [1.54, 1.807) is 24.3 Å². The summed E-state index contributed by atoms with van der Waals surface area (Å²) < 4.78 is 4.90. The Labute approximate surface area is 131 Å². The van der Waals surface area contributed by atoms with E-state index in [9.17, 15) is 15.0 Å². The largest absolute Gasteiger partial charge is 0.504 e. The van der Waals surface area contributed by atoms with Gasteiger partial charge >= 0.3 is 0 Å². The second-order valence-corrected chi connectivity index (χ2v) is 4.68. The Hall–Kier alpha value is -2.73. The lowest BCUT2D eigenvalue weighted by Gasteiger charge is -2.06. The van der Waals surface area contributed by atoms with Gasteiger partial charge in [-0.05, 0) is 24.3 Å². The number of hydrogen-bond donors (Lipinski definition) is 3. The monoisotopic (exact) mass is 320 g/mol. The summed E-state index contributed by atoms with van der Waals surface area (Å²) in [4.78, 5) is 11.9. The Morgan fingerprint density at radius 1 is 1.32 bits per heavy atom. The van der Waals surface area contributed by atoms with Crippen LogP contribution in [-0.2, 0) is 0 Å². The standard InChI is InChI=1S/C15H13ClN2O4/c1-22-13-7-9(6-12(19)14(13)20)8-17-18-15(21)10-4-2-3-5-11(10)16/h2-8,19-20H,1H3,(H,18,21)/b17-8+. The number of carbonyl (C=O) groups excluding carboxylic acids is 1. The van der Waals surface area contributed by atoms with Crippen LogP contribution in [0.5, 0.6) is 17.2 Å². The molecule has 0 bridgehead atoms. The topological polar surface area (TPSA) is 91.2 Å². The first-order chi connectivity index (χ1) is 10.5. The van der Waals surface area contributed by atoms with Crippen molar-refractivity contribution in [2.75, 3.05) is 7.11 Å². The second-order valence-electron chi connectivity index (χ2n) is 4.27. The van der Waals surface area contributed by atoms with Crippen molar-refractivity contribution in [1.82, 2.24) is 5.43 Å². The fraction of sp³-hybridized carbons (Fsp3) is 0.0667. The highest BCUT2D eigenvalue weighted by Gasteiger charge is 2.10. The van der Waals surface area contributed by atoms with Crippen molar-refractivity contribution in [3.8, 4) is 17.2 Å². The maximum Gasteiger partial charge on any atom is 0.272 e. The summed E-state index contributed by atoms with van der Waals surface area (Å²) in [5.74, 6) is -1.08. The lowest BCUT2D eigenvalue weighted by atomic mass is 10.2. The number of methoxy groups -OCH3 is 1. The quantitative estimate of drug-likeness (QED) is 0.458. The van der Waals surface area contributed by atoms with Gasteiger partial charge in [0.25, 0.3) is 5.91 Å². The van der Waals surface area contributed by atoms with Crippen molar-refractivity contribution in [2.24, 2.45) is 5.10 Å². The fourth-order valence-electron chi connectivity index (χ4n) is 1.72. The Morgan fingerprint density at radius 2 is 2.05 bits per heavy atom. The highest BCUT2D eigenvalue weighted by Crippen LogP contribution is 2.35. The molecule has 0 heterocycles. The number of aromatic hydroxyl groups is 2. The Bertz CT molecular complexity index is 731. The number of nitrogens with zero attached hydrogens (tertiary/aromatic N) is 1. The van der Waals surface area contributed by atoms with Crippen LogP contribution in [0.4, 0.5) is 0 Å². The molecule has 0 saturated carbocycles. The summed E-state index contributed by atoms with van der Waals surface area (Å²) in [6.07, 6.45) is 1.30. The molecular weight excluding hydrogens is 308 g/mol. The van der Waals surface area contributed by atoms with Gasteiger partial charge in [-0.2, -0.15) is 5.10 Å². The van der Waals surface area contributed by atoms with Gasteiger partial charge in [0.05, 0.1) is 23.9 Å². The third-order valence-corrected chi connectivity index (χ3v) is 3.12. The normalized spacial score (nSPS) is 10.6. The van der Waals surface area contributed by atoms with Gasteiger partial charge in [-0.3, -0.25) is 4.79 Å². The molecule has 6 nitrogen and oxygen atoms in total. The van der Waals surface area contributed by atoms with Crippen LogP contribution < -0.4 is 10.2 Å². The average Bonchev–Trinajstić information content (AvgIpc) is 2.50. The highest BCUT2D eigenvalue weighted by atomic mass is 35.5. The molecule has 114 valence electrons. The molecule has 0 unspecified atom stereocenters. The molecule has 0 fully saturated rings. The molecule has 2 aromatic rings. The molecule has 2 aromatic carbocycles. The van der Waals surface area contributed by atoms with Crippen molar-refractivity contribution in [3.05, 3.63) is 52.5 Å². The van der Waals surface area contributed by atoms with E-state index < -0.39 is 5.91 Å². The van der Waals surface area contributed by atoms with Crippen LogP contribution in [0.15, 0.2) is 41.5 Å². The number of carbonyl (C=O) groups is 1. The molecule has 0 radical (unpaired) electrons. The molecule has 0 atom stereocenters. The predicted octanol–water partition coefficient (Wildman–Crippen LogP) is 2.52. The Balaban J connectivity index is 2.12. The first-order valence-electron chi connectivity index (χ1n) is 6.21. The second kappa shape index (κ2) is 6.82. The number of nitrogens with one attached hydrogen (secondary N) is 1. The van der Waals surface area contributed by atoms with Gasteiger partial charge in [0, 0.05) is 5.56 Å². The molecule has 7 heteroatoms. The molecule has 0 aliphatic carbocycles. The minimum absolute atomic E-state index is 0.0962. The molecule has 0 spiro atoms. The van der Waals surface area contributed by atoms with E-state index in [0.29, 0.717) is 16.1 Å². The van der Waals surface area contributed by atoms with Crippen LogP contribution in [0.3, 0.4) is 0 Å². The van der Waals surface area contributed by atoms with Crippen LogP contribution in [0, 0.1) is 0 Å². The third-order valence-electron chi connectivity index (χ3n) is 2.80. The zero-order valence-electron chi connectivity index (χ0n) is 11.6. The van der Waals surface area contributed by atoms with Crippen molar-refractivity contribution in [3.63, 3.8) is 0 Å². The van der Waals surface area contributed by atoms with Crippen molar-refractivity contribution in [1.29, 1.82) is 0 Å². The van der Waals surface area contributed by atoms with E-state index in [4.69, 9.17) is 16.3 Å². The number of rotatable bonds is 4. The van der Waals surface area contributed by atoms with Crippen LogP contribution in [0.25, 0.3) is 0 Å². The van der Waals surface area contributed by atoms with Gasteiger partial charge in [-0.1, -0.05) is 23.7 Å². The number of halogens is 1. The zero-order chi connectivity index (χ0) is 16.1. The van der Waals surface area contributed by atoms with E-state index in [-0.39, 0.29) is 17.2 Å². The summed E-state index contributed by atoms with van der Waals surface area (Å²) >= 11 is 5.90. The molecule has 2 rings (SSSR count). The van der Waals surface area contributed by atoms with Crippen molar-refractivity contribution in [2.45, 2.75) is 0 Å². The van der Waals surface area contributed by atoms with Gasteiger partial charge in [0.15, 0.2) is 11.5 Å². The number of ether oxygens (including phenoxy) is 1. The molecule has 0 aliphatic heterocycles. The molecule has 22 heavy (non-hydrogen) atoms. The summed E-state index contributed by atoms with van der Waals surface area (Å²) in [5, 5.41) is 23.1. The molecule has 0 aliphatic rings. The Morgan fingerprint density at radius 3 is 2.73 bits per heavy atom. The number of hydrazone groups is 1. The zero-order valence-corrected chi connectivity index (χ0v) is 12.3. The summed E-state index contributed by atoms with van der Waals surface area (Å²) in [7, 11) is 1.36. The lowest BCUT2D eigenvalue weighted by molar-refractivity contribution is 0.0955. The van der Waals surface area contributed by atoms with Crippen LogP contribution in [-0.4, -0.2) is 29.4 Å². The maximum atomic E-state index is 11.9. The van der Waals surface area contributed by atoms with Crippen molar-refractivity contribution < 1.29 is 19.7 Å². The van der Waals surface area contributed by atoms with E-state index in [1.807, 2.05) is 0 Å². The number of benzene rings is 2. The molecule has 0 aromatic heterocycles. The molecule has 0 saturated heterocycles. The number of phenols is 2. The fourth-order valence-corrected chi connectivity index (χ4v) is 1.94. The number of phenolic OH excluding ortho intramolecular Hbond substituents is 2. The predicted molar refractivity (Wildman–Crippen MR) is 82.8 cm³/mol. The average molecular weight is 321 g/mol. The van der Waals surface area contributed by atoms with Crippen molar-refractivity contribution >= 4 is 23.7 Å². The smallest absolute Gasteiger partial charge is 0.272 e. The highest BCUT2D eigenvalue weighted by molar-refractivity contribution is 6.33. The van der Waals surface area contributed by atoms with E-state index >= 15 is 0 Å². The first kappa shape index (κ1) is 15.7. The van der Waals surface area contributed by atoms with Crippen LogP contribution in [0.2, 0.25) is 5.02 Å². The minimum Gasteiger partial charge on any atom is -0.504 e. The van der Waals surface area contributed by atoms with Gasteiger partial charge in [0.2, 0.25) is 5.75 Å². The van der Waals surface area contributed by atoms with Gasteiger partial charge in [-0.15, -0.1) is 0 Å². The summed E-state index contributed by atoms with van der Waals surface area (Å²) in [5.41, 5.74) is 3.06. The van der Waals surface area contributed by atoms with Gasteiger partial charge in [-0.25, -0.2) is 5.43 Å². The number of hydrogen-bond acceptors (Lipinski definition) is 5. The minimum atomic E-state index is -0.461. The van der Waals surface area contributed by atoms with E-state index in [0.717, 1.165) is 0 Å². The third kappa shape index (κ3) is 3.48. The van der Waals surface area contributed by atoms with Gasteiger partial charge < -0.3 is 14.9 Å². The maximum absolute atomic E-state index is 11.9. The first-order valence-corrected chi connectivity index (χ1v) is 6.58. The molecule has 1 amide bonds. The van der Waals surface area contributed by atoms with Crippen LogP contribution >= 0.6 is 11.6 Å². The van der Waals surface area contributed by atoms with Crippen LogP contribution in [0.1, 0.15) is 15.9 Å². The number of amides is 1. The van der Waals surface area contributed by atoms with E-state index in [1.165, 1.54) is 25.5 Å². The Kier molecular flexibility index (Phi) is 4.85. The summed E-state index contributed by atoms with van der Waals surface area (Å²) in [6, 6.07) is 9.32. The SMILES string of the molecule is COc1cc(/C=N/NC(=O)c2ccccc2Cl)cc(O)c1O. The molecule has 3 N–H and O–H groups in total. The van der Waals surface area contributed by atoms with Gasteiger partial charge in [0.1, 0.15) is 0 Å². The van der Waals surface area contributed by atoms with E-state index in [2.05, 4.69) is 10.5 Å². The summed E-state index contributed by atoms with van der Waals surface area (Å²) in [6.45, 7) is 0. The molecular formula is C15H13ClN2O4.